The Kier molecular flexibility index (Phi) is 3.96. The fourth-order valence-corrected chi connectivity index (χ4v) is 2.93. The molecule has 0 spiro atoms. The van der Waals surface area contributed by atoms with Gasteiger partial charge in [0.05, 0.1) is 36.3 Å². The van der Waals surface area contributed by atoms with Crippen molar-refractivity contribution in [3.05, 3.63) is 40.5 Å². The van der Waals surface area contributed by atoms with Crippen LogP contribution in [0.5, 0.6) is 0 Å². The molecule has 1 aliphatic rings. The Morgan fingerprint density at radius 1 is 1.29 bits per heavy atom. The van der Waals surface area contributed by atoms with Crippen molar-refractivity contribution in [1.82, 2.24) is 19.7 Å². The van der Waals surface area contributed by atoms with Crippen molar-refractivity contribution >= 4 is 17.7 Å². The van der Waals surface area contributed by atoms with E-state index in [0.717, 1.165) is 11.1 Å². The van der Waals surface area contributed by atoms with Crippen molar-refractivity contribution in [2.24, 2.45) is 0 Å². The van der Waals surface area contributed by atoms with E-state index in [-0.39, 0.29) is 12.0 Å². The van der Waals surface area contributed by atoms with E-state index in [2.05, 4.69) is 10.1 Å². The van der Waals surface area contributed by atoms with Crippen LogP contribution in [0.2, 0.25) is 0 Å². The number of amides is 1. The number of hydrogen-bond acceptors (Lipinski definition) is 6. The van der Waals surface area contributed by atoms with Crippen LogP contribution in [0.15, 0.2) is 12.4 Å². The van der Waals surface area contributed by atoms with Crippen molar-refractivity contribution in [2.45, 2.75) is 26.8 Å². The summed E-state index contributed by atoms with van der Waals surface area (Å²) in [6.45, 7) is 4.38. The van der Waals surface area contributed by atoms with Crippen LogP contribution in [0.1, 0.15) is 32.9 Å². The zero-order valence-electron chi connectivity index (χ0n) is 13.9. The molecule has 0 unspecified atom stereocenters. The van der Waals surface area contributed by atoms with Crippen LogP contribution in [0.4, 0.5) is 10.5 Å². The molecule has 2 aromatic heterocycles. The second kappa shape index (κ2) is 5.95. The van der Waals surface area contributed by atoms with Gasteiger partial charge in [0.15, 0.2) is 0 Å². The van der Waals surface area contributed by atoms with Gasteiger partial charge in [-0.2, -0.15) is 9.78 Å². The Labute approximate surface area is 139 Å². The third-order valence-electron chi connectivity index (χ3n) is 4.34. The average Bonchev–Trinajstić information content (AvgIpc) is 2.86. The van der Waals surface area contributed by atoms with Gasteiger partial charge in [0.2, 0.25) is 0 Å². The summed E-state index contributed by atoms with van der Waals surface area (Å²) in [6, 6.07) is 0. The Morgan fingerprint density at radius 3 is 2.67 bits per heavy atom. The SMILES string of the molecule is COC(=O)N1CCc2c(cncc2C(=O)n2nc(C)c(N)c2C)C1. The molecule has 0 fully saturated rings. The van der Waals surface area contributed by atoms with Crippen molar-refractivity contribution in [3.8, 4) is 0 Å². The highest BCUT2D eigenvalue weighted by Crippen LogP contribution is 2.24. The minimum Gasteiger partial charge on any atom is -0.453 e. The van der Waals surface area contributed by atoms with Gasteiger partial charge in [0.25, 0.3) is 5.91 Å². The predicted molar refractivity (Wildman–Crippen MR) is 86.6 cm³/mol. The molecule has 0 saturated heterocycles. The third-order valence-corrected chi connectivity index (χ3v) is 4.34. The van der Waals surface area contributed by atoms with Crippen molar-refractivity contribution in [2.75, 3.05) is 19.4 Å². The van der Waals surface area contributed by atoms with Gasteiger partial charge in [0.1, 0.15) is 0 Å². The number of methoxy groups -OCH3 is 1. The first kappa shape index (κ1) is 16.0. The fraction of sp³-hybridized carbons (Fsp3) is 0.375. The molecule has 3 heterocycles. The number of nitrogen functional groups attached to an aromatic ring is 1. The molecule has 8 heteroatoms. The van der Waals surface area contributed by atoms with Crippen molar-refractivity contribution < 1.29 is 14.3 Å². The maximum Gasteiger partial charge on any atom is 0.409 e. The highest BCUT2D eigenvalue weighted by atomic mass is 16.5. The number of aromatic nitrogens is 3. The summed E-state index contributed by atoms with van der Waals surface area (Å²) < 4.78 is 6.07. The Balaban J connectivity index is 1.98. The number of fused-ring (bicyclic) bond motifs is 1. The van der Waals surface area contributed by atoms with Gasteiger partial charge >= 0.3 is 6.09 Å². The number of aryl methyl sites for hydroxylation is 1. The summed E-state index contributed by atoms with van der Waals surface area (Å²) in [5.74, 6) is -0.261. The number of ether oxygens (including phenoxy) is 1. The first-order valence-corrected chi connectivity index (χ1v) is 7.59. The highest BCUT2D eigenvalue weighted by molar-refractivity contribution is 5.97. The van der Waals surface area contributed by atoms with E-state index in [4.69, 9.17) is 10.5 Å². The van der Waals surface area contributed by atoms with E-state index < -0.39 is 0 Å². The second-order valence-electron chi connectivity index (χ2n) is 5.77. The summed E-state index contributed by atoms with van der Waals surface area (Å²) in [4.78, 5) is 30.3. The first-order chi connectivity index (χ1) is 11.4. The van der Waals surface area contributed by atoms with Gasteiger partial charge in [-0.05, 0) is 31.4 Å². The van der Waals surface area contributed by atoms with E-state index in [1.165, 1.54) is 11.8 Å². The van der Waals surface area contributed by atoms with Crippen molar-refractivity contribution in [3.63, 3.8) is 0 Å². The largest absolute Gasteiger partial charge is 0.453 e. The number of carbonyl (C=O) groups is 2. The van der Waals surface area contributed by atoms with Crippen LogP contribution in [-0.4, -0.2) is 45.3 Å². The molecule has 8 nitrogen and oxygen atoms in total. The minimum atomic E-state index is -0.385. The predicted octanol–water partition coefficient (Wildman–Crippen LogP) is 1.29. The van der Waals surface area contributed by atoms with Crippen molar-refractivity contribution in [1.29, 1.82) is 0 Å². The number of carbonyl (C=O) groups excluding carboxylic acids is 2. The third kappa shape index (κ3) is 2.49. The molecule has 2 aromatic rings. The molecule has 0 radical (unpaired) electrons. The Bertz CT molecular complexity index is 827. The first-order valence-electron chi connectivity index (χ1n) is 7.59. The molecule has 24 heavy (non-hydrogen) atoms. The van der Waals surface area contributed by atoms with E-state index in [1.807, 2.05) is 0 Å². The maximum absolute atomic E-state index is 12.9. The lowest BCUT2D eigenvalue weighted by Crippen LogP contribution is -2.36. The number of hydrogen-bond donors (Lipinski definition) is 1. The lowest BCUT2D eigenvalue weighted by atomic mass is 9.97. The Morgan fingerprint density at radius 2 is 2.04 bits per heavy atom. The monoisotopic (exact) mass is 329 g/mol. The van der Waals surface area contributed by atoms with Gasteiger partial charge in [-0.1, -0.05) is 0 Å². The van der Waals surface area contributed by atoms with Crippen LogP contribution in [0.25, 0.3) is 0 Å². The molecule has 3 rings (SSSR count). The molecular formula is C16H19N5O3. The van der Waals surface area contributed by atoms with Crippen LogP contribution < -0.4 is 5.73 Å². The molecule has 0 aliphatic carbocycles. The quantitative estimate of drug-likeness (QED) is 0.845. The highest BCUT2D eigenvalue weighted by Gasteiger charge is 2.27. The van der Waals surface area contributed by atoms with E-state index in [1.54, 1.807) is 31.1 Å². The maximum atomic E-state index is 12.9. The molecule has 1 aliphatic heterocycles. The van der Waals surface area contributed by atoms with Gasteiger partial charge in [-0.3, -0.25) is 9.78 Å². The lowest BCUT2D eigenvalue weighted by Gasteiger charge is -2.28. The fourth-order valence-electron chi connectivity index (χ4n) is 2.93. The molecule has 2 N–H and O–H groups in total. The number of pyridine rings is 1. The van der Waals surface area contributed by atoms with Crippen LogP contribution in [0.3, 0.4) is 0 Å². The summed E-state index contributed by atoms with van der Waals surface area (Å²) >= 11 is 0. The lowest BCUT2D eigenvalue weighted by molar-refractivity contribution is 0.0940. The van der Waals surface area contributed by atoms with Crippen LogP contribution >= 0.6 is 0 Å². The Hall–Kier alpha value is -2.90. The number of rotatable bonds is 1. The molecule has 0 bridgehead atoms. The number of nitrogens with zero attached hydrogens (tertiary/aromatic N) is 4. The summed E-state index contributed by atoms with van der Waals surface area (Å²) in [5, 5.41) is 4.22. The van der Waals surface area contributed by atoms with Gasteiger partial charge in [-0.15, -0.1) is 0 Å². The average molecular weight is 329 g/mol. The smallest absolute Gasteiger partial charge is 0.409 e. The van der Waals surface area contributed by atoms with Crippen LogP contribution in [0, 0.1) is 13.8 Å². The standard InChI is InChI=1S/C16H19N5O3/c1-9-14(17)10(2)21(19-9)15(22)13-7-18-6-11-8-20(16(23)24-3)5-4-12(11)13/h6-7H,4-5,8,17H2,1-3H3. The van der Waals surface area contributed by atoms with E-state index in [0.29, 0.717) is 42.1 Å². The van der Waals surface area contributed by atoms with E-state index >= 15 is 0 Å². The number of nitrogens with two attached hydrogens (primary N) is 1. The molecular weight excluding hydrogens is 310 g/mol. The topological polar surface area (TPSA) is 103 Å². The summed E-state index contributed by atoms with van der Waals surface area (Å²) in [5.41, 5.74) is 9.88. The zero-order valence-corrected chi connectivity index (χ0v) is 13.9. The second-order valence-corrected chi connectivity index (χ2v) is 5.77. The molecule has 0 aromatic carbocycles. The number of anilines is 1. The summed E-state index contributed by atoms with van der Waals surface area (Å²) in [7, 11) is 1.35. The van der Waals surface area contributed by atoms with E-state index in [9.17, 15) is 9.59 Å². The normalized spacial score (nSPS) is 13.5. The zero-order chi connectivity index (χ0) is 17.4. The van der Waals surface area contributed by atoms with Crippen LogP contribution in [-0.2, 0) is 17.7 Å². The van der Waals surface area contributed by atoms with Gasteiger partial charge in [-0.25, -0.2) is 4.79 Å². The summed E-state index contributed by atoms with van der Waals surface area (Å²) in [6.07, 6.45) is 3.39. The molecule has 0 saturated carbocycles. The molecule has 0 atom stereocenters. The van der Waals surface area contributed by atoms with Gasteiger partial charge in [0, 0.05) is 18.9 Å². The van der Waals surface area contributed by atoms with Gasteiger partial charge < -0.3 is 15.4 Å². The molecule has 1 amide bonds. The molecule has 126 valence electrons. The minimum absolute atomic E-state index is 0.261.